The van der Waals surface area contributed by atoms with Crippen LogP contribution in [0.1, 0.15) is 27.7 Å². The molecule has 0 aliphatic carbocycles. The van der Waals surface area contributed by atoms with E-state index in [2.05, 4.69) is 5.38 Å². The molecule has 0 unspecified atom stereocenters. The fourth-order valence-electron chi connectivity index (χ4n) is 1.44. The van der Waals surface area contributed by atoms with Crippen molar-refractivity contribution in [2.24, 2.45) is 0 Å². The molecule has 64 valence electrons. The molecule has 0 radical (unpaired) electrons. The minimum Gasteiger partial charge on any atom is -0.376 e. The van der Waals surface area contributed by atoms with Gasteiger partial charge in [-0.3, -0.25) is 4.79 Å². The van der Waals surface area contributed by atoms with Crippen LogP contribution < -0.4 is 0 Å². The highest BCUT2D eigenvalue weighted by Crippen LogP contribution is 2.27. The molecule has 0 atom stereocenters. The second-order valence-electron chi connectivity index (χ2n) is 2.93. The number of ketones is 1. The lowest BCUT2D eigenvalue weighted by Gasteiger charge is -2.12. The highest BCUT2D eigenvalue weighted by atomic mass is 32.1. The van der Waals surface area contributed by atoms with Crippen LogP contribution in [0.2, 0.25) is 0 Å². The molecule has 1 aromatic heterocycles. The van der Waals surface area contributed by atoms with Gasteiger partial charge in [0.15, 0.2) is 5.78 Å². The predicted molar refractivity (Wildman–Crippen MR) is 47.7 cm³/mol. The Morgan fingerprint density at radius 1 is 1.67 bits per heavy atom. The van der Waals surface area contributed by atoms with Crippen LogP contribution in [-0.4, -0.2) is 12.4 Å². The number of hydrogen-bond acceptors (Lipinski definition) is 3. The summed E-state index contributed by atoms with van der Waals surface area (Å²) in [5, 5.41) is 2.08. The third-order valence-corrected chi connectivity index (χ3v) is 3.23. The number of ether oxygens (including phenoxy) is 1. The molecule has 3 heteroatoms. The van der Waals surface area contributed by atoms with Gasteiger partial charge >= 0.3 is 0 Å². The van der Waals surface area contributed by atoms with Gasteiger partial charge in [-0.15, -0.1) is 11.3 Å². The maximum absolute atomic E-state index is 11.1. The number of hydrogen-bond donors (Lipinski definition) is 0. The van der Waals surface area contributed by atoms with Crippen molar-refractivity contribution in [3.05, 3.63) is 21.4 Å². The predicted octanol–water partition coefficient (Wildman–Crippen LogP) is 2.02. The van der Waals surface area contributed by atoms with Crippen LogP contribution in [-0.2, 0) is 17.8 Å². The van der Waals surface area contributed by atoms with Gasteiger partial charge in [-0.1, -0.05) is 0 Å². The first-order chi connectivity index (χ1) is 5.79. The van der Waals surface area contributed by atoms with E-state index in [9.17, 15) is 4.79 Å². The van der Waals surface area contributed by atoms with E-state index in [1.54, 1.807) is 18.3 Å². The molecular weight excluding hydrogens is 172 g/mol. The van der Waals surface area contributed by atoms with E-state index in [0.29, 0.717) is 6.61 Å². The van der Waals surface area contributed by atoms with E-state index >= 15 is 0 Å². The number of fused-ring (bicyclic) bond motifs is 1. The van der Waals surface area contributed by atoms with E-state index in [0.717, 1.165) is 23.5 Å². The number of Topliss-reactive ketones (excluding diaryl/α,β-unsaturated/α-hetero) is 1. The van der Waals surface area contributed by atoms with Crippen molar-refractivity contribution in [3.8, 4) is 0 Å². The molecule has 1 aliphatic heterocycles. The average Bonchev–Trinajstić information content (AvgIpc) is 2.47. The van der Waals surface area contributed by atoms with Crippen molar-refractivity contribution in [2.45, 2.75) is 20.0 Å². The molecule has 0 N–H and O–H groups in total. The van der Waals surface area contributed by atoms with Gasteiger partial charge in [0.2, 0.25) is 0 Å². The largest absolute Gasteiger partial charge is 0.376 e. The first-order valence-electron chi connectivity index (χ1n) is 3.97. The third kappa shape index (κ3) is 1.19. The lowest BCUT2D eigenvalue weighted by molar-refractivity contribution is 0.0986. The van der Waals surface area contributed by atoms with Gasteiger partial charge < -0.3 is 4.74 Å². The zero-order valence-electron chi connectivity index (χ0n) is 6.92. The van der Waals surface area contributed by atoms with Crippen LogP contribution >= 0.6 is 11.3 Å². The Labute approximate surface area is 75.2 Å². The van der Waals surface area contributed by atoms with Crippen LogP contribution in [0.25, 0.3) is 0 Å². The summed E-state index contributed by atoms with van der Waals surface area (Å²) in [6.07, 6.45) is 0.957. The summed E-state index contributed by atoms with van der Waals surface area (Å²) in [7, 11) is 0. The average molecular weight is 182 g/mol. The zero-order valence-corrected chi connectivity index (χ0v) is 7.74. The lowest BCUT2D eigenvalue weighted by atomic mass is 10.1. The maximum Gasteiger partial charge on any atom is 0.170 e. The molecule has 2 heterocycles. The number of thiophene rings is 1. The molecule has 0 saturated carbocycles. The van der Waals surface area contributed by atoms with Gasteiger partial charge in [0.1, 0.15) is 0 Å². The second kappa shape index (κ2) is 2.99. The number of carbonyl (C=O) groups excluding carboxylic acids is 1. The third-order valence-electron chi connectivity index (χ3n) is 2.06. The number of rotatable bonds is 1. The van der Waals surface area contributed by atoms with Crippen molar-refractivity contribution >= 4 is 17.1 Å². The summed E-state index contributed by atoms with van der Waals surface area (Å²) in [6, 6.07) is 0. The minimum atomic E-state index is 0.159. The Kier molecular flexibility index (Phi) is 1.98. The summed E-state index contributed by atoms with van der Waals surface area (Å²) >= 11 is 1.54. The standard InChI is InChI=1S/C9H10O2S/c1-6(10)9-8-4-11-3-2-7(8)5-12-9/h5H,2-4H2,1H3. The van der Waals surface area contributed by atoms with Crippen molar-refractivity contribution < 1.29 is 9.53 Å². The van der Waals surface area contributed by atoms with Crippen LogP contribution in [0.3, 0.4) is 0 Å². The van der Waals surface area contributed by atoms with Crippen molar-refractivity contribution in [3.63, 3.8) is 0 Å². The van der Waals surface area contributed by atoms with Gasteiger partial charge in [0.05, 0.1) is 18.1 Å². The maximum atomic E-state index is 11.1. The molecule has 1 aliphatic rings. The Balaban J connectivity index is 2.44. The van der Waals surface area contributed by atoms with Crippen LogP contribution in [0.4, 0.5) is 0 Å². The Hall–Kier alpha value is -0.670. The van der Waals surface area contributed by atoms with Crippen LogP contribution in [0.15, 0.2) is 5.38 Å². The molecule has 0 saturated heterocycles. The highest BCUT2D eigenvalue weighted by Gasteiger charge is 2.17. The summed E-state index contributed by atoms with van der Waals surface area (Å²) < 4.78 is 5.30. The van der Waals surface area contributed by atoms with Crippen molar-refractivity contribution in [1.82, 2.24) is 0 Å². The van der Waals surface area contributed by atoms with E-state index in [1.165, 1.54) is 5.56 Å². The molecule has 12 heavy (non-hydrogen) atoms. The van der Waals surface area contributed by atoms with Crippen molar-refractivity contribution in [1.29, 1.82) is 0 Å². The Bertz CT molecular complexity index is 314. The first-order valence-corrected chi connectivity index (χ1v) is 4.85. The molecule has 0 fully saturated rings. The molecule has 0 aromatic carbocycles. The molecule has 2 rings (SSSR count). The molecule has 0 spiro atoms. The molecule has 2 nitrogen and oxygen atoms in total. The normalized spacial score (nSPS) is 15.8. The fraction of sp³-hybridized carbons (Fsp3) is 0.444. The SMILES string of the molecule is CC(=O)c1scc2c1COCC2. The summed E-state index contributed by atoms with van der Waals surface area (Å²) in [4.78, 5) is 12.0. The summed E-state index contributed by atoms with van der Waals surface area (Å²) in [5.74, 6) is 0.159. The van der Waals surface area contributed by atoms with E-state index in [1.807, 2.05) is 0 Å². The monoisotopic (exact) mass is 182 g/mol. The van der Waals surface area contributed by atoms with E-state index in [4.69, 9.17) is 4.74 Å². The van der Waals surface area contributed by atoms with Crippen LogP contribution in [0, 0.1) is 0 Å². The van der Waals surface area contributed by atoms with Crippen molar-refractivity contribution in [2.75, 3.05) is 6.61 Å². The molecule has 0 amide bonds. The van der Waals surface area contributed by atoms with Gasteiger partial charge in [-0.2, -0.15) is 0 Å². The summed E-state index contributed by atoms with van der Waals surface area (Å²) in [5.41, 5.74) is 2.43. The smallest absolute Gasteiger partial charge is 0.170 e. The first kappa shape index (κ1) is 7.95. The van der Waals surface area contributed by atoms with Gasteiger partial charge in [-0.05, 0) is 24.3 Å². The topological polar surface area (TPSA) is 26.3 Å². The summed E-state index contributed by atoms with van der Waals surface area (Å²) in [6.45, 7) is 3.02. The van der Waals surface area contributed by atoms with Crippen LogP contribution in [0.5, 0.6) is 0 Å². The fourth-order valence-corrected chi connectivity index (χ4v) is 2.46. The van der Waals surface area contributed by atoms with E-state index < -0.39 is 0 Å². The molecule has 1 aromatic rings. The minimum absolute atomic E-state index is 0.159. The van der Waals surface area contributed by atoms with Gasteiger partial charge in [-0.25, -0.2) is 0 Å². The Morgan fingerprint density at radius 3 is 3.25 bits per heavy atom. The Morgan fingerprint density at radius 2 is 2.50 bits per heavy atom. The molecular formula is C9H10O2S. The second-order valence-corrected chi connectivity index (χ2v) is 3.81. The quantitative estimate of drug-likeness (QED) is 0.621. The number of carbonyl (C=O) groups is 1. The lowest BCUT2D eigenvalue weighted by Crippen LogP contribution is -2.09. The van der Waals surface area contributed by atoms with E-state index in [-0.39, 0.29) is 5.78 Å². The highest BCUT2D eigenvalue weighted by molar-refractivity contribution is 7.12. The zero-order chi connectivity index (χ0) is 8.55. The molecule has 0 bridgehead atoms. The van der Waals surface area contributed by atoms with Gasteiger partial charge in [0.25, 0.3) is 0 Å². The van der Waals surface area contributed by atoms with Gasteiger partial charge in [0, 0.05) is 5.56 Å².